The third-order valence-corrected chi connectivity index (χ3v) is 8.23. The molecule has 0 aliphatic heterocycles. The molecule has 10 heteroatoms. The molecule has 0 fully saturated rings. The van der Waals surface area contributed by atoms with Crippen molar-refractivity contribution in [1.82, 2.24) is 0 Å². The number of para-hydroxylation sites is 1. The molecule has 0 unspecified atom stereocenters. The number of carbonyl (C=O) groups excluding carboxylic acids is 2. The molecule has 0 bridgehead atoms. The number of benzene rings is 2. The van der Waals surface area contributed by atoms with E-state index in [0.717, 1.165) is 29.8 Å². The number of aliphatic carboxylic acids is 1. The lowest BCUT2D eigenvalue weighted by molar-refractivity contribution is -0.156. The highest BCUT2D eigenvalue weighted by molar-refractivity contribution is 5.76. The predicted octanol–water partition coefficient (Wildman–Crippen LogP) is 7.82. The Morgan fingerprint density at radius 3 is 1.49 bits per heavy atom. The van der Waals surface area contributed by atoms with E-state index in [1.165, 1.54) is 0 Å². The molecule has 0 heterocycles. The van der Waals surface area contributed by atoms with Crippen molar-refractivity contribution in [2.24, 2.45) is 16.2 Å². The highest BCUT2D eigenvalue weighted by Crippen LogP contribution is 2.23. The van der Waals surface area contributed by atoms with Crippen molar-refractivity contribution in [3.63, 3.8) is 0 Å². The molecular formula is C39H63NO9. The first-order valence-corrected chi connectivity index (χ1v) is 17.1. The van der Waals surface area contributed by atoms with Crippen molar-refractivity contribution in [2.75, 3.05) is 58.6 Å². The van der Waals surface area contributed by atoms with E-state index in [9.17, 15) is 14.4 Å². The molecule has 0 atom stereocenters. The van der Waals surface area contributed by atoms with Crippen LogP contribution in [0, 0.1) is 16.2 Å². The number of carboxylic acid groups (broad SMARTS) is 1. The SMILES string of the molecule is CCC(C)(C)C(=O)O.CCC(C)(C)C(=O)OCCOCCOCCOc1ccccc1.CCC(C)(C)C(=O)OCc1ccc(N(C)C)cc1. The molecule has 1 N–H and O–H groups in total. The van der Waals surface area contributed by atoms with Gasteiger partial charge in [0.25, 0.3) is 0 Å². The van der Waals surface area contributed by atoms with Crippen molar-refractivity contribution in [3.05, 3.63) is 60.2 Å². The van der Waals surface area contributed by atoms with Crippen molar-refractivity contribution in [2.45, 2.75) is 88.2 Å². The number of hydrogen-bond donors (Lipinski definition) is 1. The van der Waals surface area contributed by atoms with Crippen LogP contribution in [0.2, 0.25) is 0 Å². The van der Waals surface area contributed by atoms with Crippen molar-refractivity contribution in [1.29, 1.82) is 0 Å². The average Bonchev–Trinajstić information content (AvgIpc) is 3.08. The molecular weight excluding hydrogens is 626 g/mol. The number of esters is 2. The van der Waals surface area contributed by atoms with Crippen molar-refractivity contribution >= 4 is 23.6 Å². The lowest BCUT2D eigenvalue weighted by Crippen LogP contribution is -2.27. The van der Waals surface area contributed by atoms with E-state index in [-0.39, 0.29) is 18.5 Å². The lowest BCUT2D eigenvalue weighted by Gasteiger charge is -2.20. The summed E-state index contributed by atoms with van der Waals surface area (Å²) in [6.45, 7) is 19.8. The van der Waals surface area contributed by atoms with E-state index in [0.29, 0.717) is 46.1 Å². The number of rotatable bonds is 19. The largest absolute Gasteiger partial charge is 0.491 e. The van der Waals surface area contributed by atoms with Gasteiger partial charge in [0.05, 0.1) is 42.7 Å². The summed E-state index contributed by atoms with van der Waals surface area (Å²) in [5, 5.41) is 8.44. The summed E-state index contributed by atoms with van der Waals surface area (Å²) < 4.78 is 26.7. The first-order chi connectivity index (χ1) is 22.9. The Morgan fingerprint density at radius 2 is 1.06 bits per heavy atom. The maximum atomic E-state index is 11.8. The van der Waals surface area contributed by atoms with Crippen LogP contribution < -0.4 is 9.64 Å². The van der Waals surface area contributed by atoms with Crippen LogP contribution in [0.5, 0.6) is 5.75 Å². The van der Waals surface area contributed by atoms with Gasteiger partial charge in [-0.25, -0.2) is 0 Å². The molecule has 49 heavy (non-hydrogen) atoms. The van der Waals surface area contributed by atoms with Gasteiger partial charge >= 0.3 is 17.9 Å². The molecule has 2 aromatic rings. The number of anilines is 1. The predicted molar refractivity (Wildman–Crippen MR) is 195 cm³/mol. The van der Waals surface area contributed by atoms with E-state index in [1.807, 2.05) is 122 Å². The van der Waals surface area contributed by atoms with Gasteiger partial charge in [-0.05, 0) is 90.6 Å². The standard InChI is InChI=1S/C18H28O5.C15H23NO2.C6H12O2/c1-4-18(2,3)17(19)23-15-13-21-11-10-20-12-14-22-16-8-6-5-7-9-16;1-6-15(2,3)14(17)18-11-12-7-9-13(10-8-12)16(4)5;1-4-6(2,3)5(7)8/h5-9H,4,10-15H2,1-3H3;7-10H,6,11H2,1-5H3;4H2,1-3H3,(H,7,8). The zero-order chi connectivity index (χ0) is 37.5. The van der Waals surface area contributed by atoms with E-state index in [4.69, 9.17) is 28.8 Å². The van der Waals surface area contributed by atoms with Gasteiger partial charge in [-0.1, -0.05) is 51.1 Å². The number of nitrogens with zero attached hydrogens (tertiary/aromatic N) is 1. The van der Waals surface area contributed by atoms with Crippen LogP contribution in [0.1, 0.15) is 87.1 Å². The third kappa shape index (κ3) is 19.8. The zero-order valence-corrected chi connectivity index (χ0v) is 31.9. The van der Waals surface area contributed by atoms with E-state index in [1.54, 1.807) is 13.8 Å². The number of ether oxygens (including phenoxy) is 5. The van der Waals surface area contributed by atoms with Gasteiger partial charge in [0.15, 0.2) is 0 Å². The molecule has 10 nitrogen and oxygen atoms in total. The summed E-state index contributed by atoms with van der Waals surface area (Å²) in [6.07, 6.45) is 2.22. The van der Waals surface area contributed by atoms with E-state index >= 15 is 0 Å². The Morgan fingerprint density at radius 1 is 0.612 bits per heavy atom. The van der Waals surface area contributed by atoms with Crippen LogP contribution in [0.25, 0.3) is 0 Å². The van der Waals surface area contributed by atoms with Gasteiger partial charge in [0.1, 0.15) is 25.6 Å². The normalized spacial score (nSPS) is 11.2. The second-order valence-corrected chi connectivity index (χ2v) is 13.7. The summed E-state index contributed by atoms with van der Waals surface area (Å²) in [7, 11) is 4.00. The highest BCUT2D eigenvalue weighted by atomic mass is 16.6. The monoisotopic (exact) mass is 689 g/mol. The number of carboxylic acids is 1. The molecule has 2 rings (SSSR count). The first kappa shape index (κ1) is 45.4. The summed E-state index contributed by atoms with van der Waals surface area (Å²) in [5.74, 6) is -0.205. The topological polar surface area (TPSA) is 121 Å². The molecule has 0 spiro atoms. The molecule has 0 saturated carbocycles. The Bertz CT molecular complexity index is 1190. The van der Waals surface area contributed by atoms with Crippen LogP contribution in [-0.2, 0) is 39.9 Å². The molecule has 0 radical (unpaired) electrons. The van der Waals surface area contributed by atoms with Crippen LogP contribution in [0.3, 0.4) is 0 Å². The van der Waals surface area contributed by atoms with Crippen LogP contribution >= 0.6 is 0 Å². The molecule has 0 saturated heterocycles. The molecule has 278 valence electrons. The van der Waals surface area contributed by atoms with Crippen LogP contribution in [-0.4, -0.2) is 76.8 Å². The fourth-order valence-electron chi connectivity index (χ4n) is 3.12. The van der Waals surface area contributed by atoms with Crippen molar-refractivity contribution < 1.29 is 43.2 Å². The lowest BCUT2D eigenvalue weighted by atomic mass is 9.91. The minimum atomic E-state index is -0.722. The third-order valence-electron chi connectivity index (χ3n) is 8.23. The zero-order valence-electron chi connectivity index (χ0n) is 31.9. The molecule has 0 aliphatic carbocycles. The quantitative estimate of drug-likeness (QED) is 0.115. The molecule has 0 aliphatic rings. The average molecular weight is 690 g/mol. The fourth-order valence-corrected chi connectivity index (χ4v) is 3.12. The summed E-state index contributed by atoms with van der Waals surface area (Å²) in [6, 6.07) is 17.6. The second-order valence-electron chi connectivity index (χ2n) is 13.7. The molecule has 0 aromatic heterocycles. The fraction of sp³-hybridized carbons (Fsp3) is 0.615. The van der Waals surface area contributed by atoms with Crippen LogP contribution in [0.4, 0.5) is 5.69 Å². The Labute approximate surface area is 295 Å². The summed E-state index contributed by atoms with van der Waals surface area (Å²) in [5.41, 5.74) is 0.783. The smallest absolute Gasteiger partial charge is 0.311 e. The van der Waals surface area contributed by atoms with E-state index in [2.05, 4.69) is 0 Å². The maximum Gasteiger partial charge on any atom is 0.311 e. The summed E-state index contributed by atoms with van der Waals surface area (Å²) >= 11 is 0. The van der Waals surface area contributed by atoms with Crippen LogP contribution in [0.15, 0.2) is 54.6 Å². The van der Waals surface area contributed by atoms with Gasteiger partial charge in [-0.2, -0.15) is 0 Å². The van der Waals surface area contributed by atoms with E-state index < -0.39 is 22.2 Å². The van der Waals surface area contributed by atoms with Gasteiger partial charge in [0.2, 0.25) is 0 Å². The number of hydrogen-bond acceptors (Lipinski definition) is 9. The molecule has 0 amide bonds. The van der Waals surface area contributed by atoms with Gasteiger partial charge < -0.3 is 33.7 Å². The Kier molecular flexibility index (Phi) is 21.9. The summed E-state index contributed by atoms with van der Waals surface area (Å²) in [4.78, 5) is 35.8. The van der Waals surface area contributed by atoms with Crippen molar-refractivity contribution in [3.8, 4) is 5.75 Å². The maximum absolute atomic E-state index is 11.8. The highest BCUT2D eigenvalue weighted by Gasteiger charge is 2.27. The minimum absolute atomic E-state index is 0.137. The Balaban J connectivity index is 0.000000785. The van der Waals surface area contributed by atoms with Gasteiger partial charge in [-0.3, -0.25) is 14.4 Å². The minimum Gasteiger partial charge on any atom is -0.491 e. The number of carbonyl (C=O) groups is 3. The first-order valence-electron chi connectivity index (χ1n) is 17.1. The van der Waals surface area contributed by atoms with Gasteiger partial charge in [0, 0.05) is 19.8 Å². The Hall–Kier alpha value is -3.63. The van der Waals surface area contributed by atoms with Gasteiger partial charge in [-0.15, -0.1) is 0 Å². The molecule has 2 aromatic carbocycles. The second kappa shape index (κ2) is 23.7.